The molecule has 1 nitrogen and oxygen atoms in total. The van der Waals surface area contributed by atoms with Gasteiger partial charge in [0.1, 0.15) is 5.75 Å². The van der Waals surface area contributed by atoms with Crippen molar-refractivity contribution < 1.29 is 4.74 Å². The first-order valence-electron chi connectivity index (χ1n) is 4.15. The SMILES string of the molecule is COc1ccc(I)c2c(Br)cccc12. The molecule has 0 unspecified atom stereocenters. The molecule has 0 N–H and O–H groups in total. The monoisotopic (exact) mass is 362 g/mol. The standard InChI is InChI=1S/C11H8BrIO/c1-14-10-6-5-9(13)11-7(10)3-2-4-8(11)12/h2-6H,1H3. The zero-order chi connectivity index (χ0) is 10.1. The molecule has 3 heteroatoms. The molecule has 2 aromatic carbocycles. The maximum absolute atomic E-state index is 5.31. The van der Waals surface area contributed by atoms with Gasteiger partial charge in [-0.05, 0) is 40.8 Å². The van der Waals surface area contributed by atoms with Gasteiger partial charge in [0, 0.05) is 18.8 Å². The van der Waals surface area contributed by atoms with Crippen molar-refractivity contribution in [3.63, 3.8) is 0 Å². The molecular formula is C11H8BrIO. The number of hydrogen-bond donors (Lipinski definition) is 0. The molecule has 0 radical (unpaired) electrons. The van der Waals surface area contributed by atoms with Crippen molar-refractivity contribution in [2.24, 2.45) is 0 Å². The van der Waals surface area contributed by atoms with Crippen LogP contribution in [0, 0.1) is 3.57 Å². The molecular weight excluding hydrogens is 355 g/mol. The van der Waals surface area contributed by atoms with Gasteiger partial charge in [0.2, 0.25) is 0 Å². The first kappa shape index (κ1) is 10.2. The molecule has 0 amide bonds. The third-order valence-electron chi connectivity index (χ3n) is 2.12. The smallest absolute Gasteiger partial charge is 0.126 e. The lowest BCUT2D eigenvalue weighted by Gasteiger charge is -2.08. The Hall–Kier alpha value is -0.290. The zero-order valence-corrected chi connectivity index (χ0v) is 11.3. The van der Waals surface area contributed by atoms with Gasteiger partial charge in [-0.25, -0.2) is 0 Å². The Balaban J connectivity index is 2.91. The van der Waals surface area contributed by atoms with Gasteiger partial charge in [-0.1, -0.05) is 28.1 Å². The Labute approximate surface area is 105 Å². The minimum atomic E-state index is 0.918. The van der Waals surface area contributed by atoms with E-state index in [1.807, 2.05) is 18.2 Å². The van der Waals surface area contributed by atoms with Crippen molar-refractivity contribution >= 4 is 49.3 Å². The van der Waals surface area contributed by atoms with E-state index in [4.69, 9.17) is 4.74 Å². The van der Waals surface area contributed by atoms with Crippen LogP contribution in [0.4, 0.5) is 0 Å². The molecule has 0 aliphatic rings. The second-order valence-electron chi connectivity index (χ2n) is 2.91. The van der Waals surface area contributed by atoms with Gasteiger partial charge in [0.15, 0.2) is 0 Å². The van der Waals surface area contributed by atoms with E-state index in [2.05, 4.69) is 50.7 Å². The molecule has 0 aliphatic heterocycles. The number of methoxy groups -OCH3 is 1. The predicted molar refractivity (Wildman–Crippen MR) is 70.9 cm³/mol. The molecule has 0 saturated carbocycles. The third-order valence-corrected chi connectivity index (χ3v) is 3.68. The topological polar surface area (TPSA) is 9.23 Å². The van der Waals surface area contributed by atoms with Crippen molar-refractivity contribution in [3.05, 3.63) is 38.4 Å². The molecule has 72 valence electrons. The normalized spacial score (nSPS) is 10.5. The van der Waals surface area contributed by atoms with Crippen LogP contribution < -0.4 is 4.74 Å². The average molecular weight is 363 g/mol. The van der Waals surface area contributed by atoms with E-state index >= 15 is 0 Å². The largest absolute Gasteiger partial charge is 0.496 e. The van der Waals surface area contributed by atoms with E-state index < -0.39 is 0 Å². The van der Waals surface area contributed by atoms with Crippen LogP contribution in [0.25, 0.3) is 10.8 Å². The van der Waals surface area contributed by atoms with Gasteiger partial charge < -0.3 is 4.74 Å². The van der Waals surface area contributed by atoms with Crippen LogP contribution in [-0.4, -0.2) is 7.11 Å². The van der Waals surface area contributed by atoms with Gasteiger partial charge in [0.05, 0.1) is 7.11 Å². The molecule has 0 spiro atoms. The minimum Gasteiger partial charge on any atom is -0.496 e. The van der Waals surface area contributed by atoms with Crippen molar-refractivity contribution in [1.82, 2.24) is 0 Å². The Morgan fingerprint density at radius 1 is 1.21 bits per heavy atom. The summed E-state index contributed by atoms with van der Waals surface area (Å²) in [7, 11) is 1.70. The molecule has 0 heterocycles. The van der Waals surface area contributed by atoms with E-state index in [0.717, 1.165) is 15.6 Å². The molecule has 0 aromatic heterocycles. The van der Waals surface area contributed by atoms with Crippen LogP contribution in [0.2, 0.25) is 0 Å². The summed E-state index contributed by atoms with van der Waals surface area (Å²) in [6, 6.07) is 10.2. The Morgan fingerprint density at radius 3 is 2.71 bits per heavy atom. The third kappa shape index (κ3) is 1.63. The summed E-state index contributed by atoms with van der Waals surface area (Å²) < 4.78 is 7.65. The molecule has 0 bridgehead atoms. The second-order valence-corrected chi connectivity index (χ2v) is 4.93. The van der Waals surface area contributed by atoms with Gasteiger partial charge in [-0.15, -0.1) is 0 Å². The lowest BCUT2D eigenvalue weighted by molar-refractivity contribution is 0.420. The van der Waals surface area contributed by atoms with E-state index in [9.17, 15) is 0 Å². The number of fused-ring (bicyclic) bond motifs is 1. The summed E-state index contributed by atoms with van der Waals surface area (Å²) in [5.41, 5.74) is 0. The molecule has 0 fully saturated rings. The summed E-state index contributed by atoms with van der Waals surface area (Å²) >= 11 is 5.88. The van der Waals surface area contributed by atoms with Gasteiger partial charge in [-0.2, -0.15) is 0 Å². The lowest BCUT2D eigenvalue weighted by atomic mass is 10.1. The van der Waals surface area contributed by atoms with Crippen molar-refractivity contribution in [1.29, 1.82) is 0 Å². The number of halogens is 2. The van der Waals surface area contributed by atoms with Crippen molar-refractivity contribution in [3.8, 4) is 5.75 Å². The molecule has 0 aliphatic carbocycles. The first-order valence-corrected chi connectivity index (χ1v) is 6.02. The lowest BCUT2D eigenvalue weighted by Crippen LogP contribution is -1.87. The molecule has 0 atom stereocenters. The van der Waals surface area contributed by atoms with E-state index in [1.165, 1.54) is 8.96 Å². The number of hydrogen-bond acceptors (Lipinski definition) is 1. The van der Waals surface area contributed by atoms with Crippen molar-refractivity contribution in [2.45, 2.75) is 0 Å². The maximum atomic E-state index is 5.31. The quantitative estimate of drug-likeness (QED) is 0.690. The summed E-state index contributed by atoms with van der Waals surface area (Å²) in [4.78, 5) is 0. The Kier molecular flexibility index (Phi) is 2.97. The van der Waals surface area contributed by atoms with Crippen LogP contribution in [0.3, 0.4) is 0 Å². The number of ether oxygens (including phenoxy) is 1. The predicted octanol–water partition coefficient (Wildman–Crippen LogP) is 4.22. The fourth-order valence-corrected chi connectivity index (χ4v) is 3.18. The maximum Gasteiger partial charge on any atom is 0.126 e. The van der Waals surface area contributed by atoms with Crippen molar-refractivity contribution in [2.75, 3.05) is 7.11 Å². The molecule has 2 rings (SSSR count). The fourth-order valence-electron chi connectivity index (χ4n) is 1.47. The molecule has 14 heavy (non-hydrogen) atoms. The van der Waals surface area contributed by atoms with Crippen LogP contribution in [0.1, 0.15) is 0 Å². The molecule has 0 saturated heterocycles. The van der Waals surface area contributed by atoms with Crippen LogP contribution >= 0.6 is 38.5 Å². The van der Waals surface area contributed by atoms with Crippen LogP contribution in [0.15, 0.2) is 34.8 Å². The summed E-state index contributed by atoms with van der Waals surface area (Å²) in [6.07, 6.45) is 0. The second kappa shape index (κ2) is 4.06. The number of rotatable bonds is 1. The minimum absolute atomic E-state index is 0.918. The Morgan fingerprint density at radius 2 is 2.00 bits per heavy atom. The molecule has 2 aromatic rings. The van der Waals surface area contributed by atoms with Gasteiger partial charge in [-0.3, -0.25) is 0 Å². The van der Waals surface area contributed by atoms with Crippen LogP contribution in [0.5, 0.6) is 5.75 Å². The van der Waals surface area contributed by atoms with Gasteiger partial charge >= 0.3 is 0 Å². The summed E-state index contributed by atoms with van der Waals surface area (Å²) in [5, 5.41) is 2.36. The highest BCUT2D eigenvalue weighted by molar-refractivity contribution is 14.1. The highest BCUT2D eigenvalue weighted by atomic mass is 127. The zero-order valence-electron chi connectivity index (χ0n) is 7.55. The van der Waals surface area contributed by atoms with E-state index in [1.54, 1.807) is 7.11 Å². The number of benzene rings is 2. The van der Waals surface area contributed by atoms with E-state index in [-0.39, 0.29) is 0 Å². The van der Waals surface area contributed by atoms with E-state index in [0.29, 0.717) is 0 Å². The first-order chi connectivity index (χ1) is 6.74. The Bertz CT molecular complexity index is 474. The average Bonchev–Trinajstić information content (AvgIpc) is 2.18. The summed E-state index contributed by atoms with van der Waals surface area (Å²) in [6.45, 7) is 0. The van der Waals surface area contributed by atoms with Gasteiger partial charge in [0.25, 0.3) is 0 Å². The highest BCUT2D eigenvalue weighted by Gasteiger charge is 2.06. The highest BCUT2D eigenvalue weighted by Crippen LogP contribution is 2.34. The summed E-state index contributed by atoms with van der Waals surface area (Å²) in [5.74, 6) is 0.918. The van der Waals surface area contributed by atoms with Crippen LogP contribution in [-0.2, 0) is 0 Å². The fraction of sp³-hybridized carbons (Fsp3) is 0.0909.